The number of hydrogen-bond donors (Lipinski definition) is 2. The lowest BCUT2D eigenvalue weighted by Gasteiger charge is -2.28. The zero-order valence-corrected chi connectivity index (χ0v) is 13.2. The molecule has 0 spiro atoms. The lowest BCUT2D eigenvalue weighted by atomic mass is 9.84. The van der Waals surface area contributed by atoms with Gasteiger partial charge in [0.25, 0.3) is 0 Å². The number of rotatable bonds is 4. The van der Waals surface area contributed by atoms with Gasteiger partial charge < -0.3 is 11.1 Å². The largest absolute Gasteiger partial charge is 0.396 e. The lowest BCUT2D eigenvalue weighted by molar-refractivity contribution is -0.123. The molecule has 4 atom stereocenters. The van der Waals surface area contributed by atoms with Crippen LogP contribution in [0.2, 0.25) is 0 Å². The molecule has 3 rings (SSSR count). The Hall–Kier alpha value is -1.52. The van der Waals surface area contributed by atoms with Crippen LogP contribution in [0.1, 0.15) is 44.0 Å². The number of fused-ring (bicyclic) bond motifs is 2. The maximum absolute atomic E-state index is 12.2. The van der Waals surface area contributed by atoms with Gasteiger partial charge in [-0.05, 0) is 57.8 Å². The SMILES string of the molecule is Cc1nn(CC(=O)NC(C)C2CC3CCC2C3)c(C)c1N. The van der Waals surface area contributed by atoms with Crippen LogP contribution in [-0.4, -0.2) is 21.7 Å². The second kappa shape index (κ2) is 5.35. The third-order valence-corrected chi connectivity index (χ3v) is 5.55. The third-order valence-electron chi connectivity index (χ3n) is 5.55. The average Bonchev–Trinajstić information content (AvgIpc) is 3.11. The van der Waals surface area contributed by atoms with Gasteiger partial charge in [-0.1, -0.05) is 6.42 Å². The number of aromatic nitrogens is 2. The minimum absolute atomic E-state index is 0.0378. The summed E-state index contributed by atoms with van der Waals surface area (Å²) < 4.78 is 1.70. The van der Waals surface area contributed by atoms with Gasteiger partial charge in [-0.3, -0.25) is 9.48 Å². The number of anilines is 1. The molecule has 1 aromatic heterocycles. The van der Waals surface area contributed by atoms with Gasteiger partial charge in [0.05, 0.1) is 17.1 Å². The molecule has 0 saturated heterocycles. The highest BCUT2D eigenvalue weighted by atomic mass is 16.2. The molecule has 5 nitrogen and oxygen atoms in total. The predicted molar refractivity (Wildman–Crippen MR) is 82.7 cm³/mol. The number of carbonyl (C=O) groups excluding carboxylic acids is 1. The van der Waals surface area contributed by atoms with Crippen molar-refractivity contribution in [3.05, 3.63) is 11.4 Å². The van der Waals surface area contributed by atoms with Crippen molar-refractivity contribution in [2.75, 3.05) is 5.73 Å². The third kappa shape index (κ3) is 2.65. The molecule has 1 amide bonds. The van der Waals surface area contributed by atoms with Crippen LogP contribution in [0.15, 0.2) is 0 Å². The number of hydrogen-bond acceptors (Lipinski definition) is 3. The monoisotopic (exact) mass is 290 g/mol. The van der Waals surface area contributed by atoms with Gasteiger partial charge >= 0.3 is 0 Å². The van der Waals surface area contributed by atoms with Gasteiger partial charge in [0, 0.05) is 6.04 Å². The first-order chi connectivity index (χ1) is 9.95. The fraction of sp³-hybridized carbons (Fsp3) is 0.750. The van der Waals surface area contributed by atoms with Crippen molar-refractivity contribution in [3.8, 4) is 0 Å². The standard InChI is InChI=1S/C16H26N4O/c1-9(14-7-12-4-5-13(14)6-12)18-15(21)8-20-11(3)16(17)10(2)19-20/h9,12-14H,4-8,17H2,1-3H3,(H,18,21). The highest BCUT2D eigenvalue weighted by Crippen LogP contribution is 2.49. The molecule has 21 heavy (non-hydrogen) atoms. The normalized spacial score (nSPS) is 28.8. The van der Waals surface area contributed by atoms with E-state index in [1.165, 1.54) is 25.7 Å². The van der Waals surface area contributed by atoms with Crippen molar-refractivity contribution in [1.82, 2.24) is 15.1 Å². The number of nitrogen functional groups attached to an aromatic ring is 1. The molecule has 2 bridgehead atoms. The van der Waals surface area contributed by atoms with Gasteiger partial charge in [0.1, 0.15) is 6.54 Å². The summed E-state index contributed by atoms with van der Waals surface area (Å²) in [5, 5.41) is 7.49. The Kier molecular flexibility index (Phi) is 3.68. The van der Waals surface area contributed by atoms with E-state index < -0.39 is 0 Å². The minimum Gasteiger partial charge on any atom is -0.396 e. The highest BCUT2D eigenvalue weighted by molar-refractivity contribution is 5.76. The fourth-order valence-corrected chi connectivity index (χ4v) is 4.31. The number of amides is 1. The van der Waals surface area contributed by atoms with Crippen LogP contribution in [-0.2, 0) is 11.3 Å². The lowest BCUT2D eigenvalue weighted by Crippen LogP contribution is -2.41. The summed E-state index contributed by atoms with van der Waals surface area (Å²) in [7, 11) is 0. The molecular weight excluding hydrogens is 264 g/mol. The summed E-state index contributed by atoms with van der Waals surface area (Å²) in [6.45, 7) is 6.18. The number of nitrogens with zero attached hydrogens (tertiary/aromatic N) is 2. The summed E-state index contributed by atoms with van der Waals surface area (Å²) in [6.07, 6.45) is 5.41. The van der Waals surface area contributed by atoms with Gasteiger partial charge in [-0.2, -0.15) is 5.10 Å². The van der Waals surface area contributed by atoms with E-state index in [4.69, 9.17) is 5.73 Å². The molecule has 5 heteroatoms. The van der Waals surface area contributed by atoms with Crippen molar-refractivity contribution in [2.24, 2.45) is 17.8 Å². The van der Waals surface area contributed by atoms with E-state index in [0.717, 1.165) is 23.2 Å². The van der Waals surface area contributed by atoms with E-state index >= 15 is 0 Å². The molecule has 4 unspecified atom stereocenters. The maximum Gasteiger partial charge on any atom is 0.241 e. The quantitative estimate of drug-likeness (QED) is 0.891. The Labute approximate surface area is 126 Å². The van der Waals surface area contributed by atoms with Crippen LogP contribution in [0.5, 0.6) is 0 Å². The molecule has 116 valence electrons. The second-order valence-corrected chi connectivity index (χ2v) is 6.94. The molecule has 2 fully saturated rings. The van der Waals surface area contributed by atoms with Crippen LogP contribution in [0.25, 0.3) is 0 Å². The molecular formula is C16H26N4O. The number of nitrogens with one attached hydrogen (secondary N) is 1. The molecule has 2 aliphatic carbocycles. The molecule has 0 aliphatic heterocycles. The van der Waals surface area contributed by atoms with Gasteiger partial charge in [0.2, 0.25) is 5.91 Å². The smallest absolute Gasteiger partial charge is 0.241 e. The average molecular weight is 290 g/mol. The Morgan fingerprint density at radius 3 is 2.71 bits per heavy atom. The van der Waals surface area contributed by atoms with Crippen LogP contribution < -0.4 is 11.1 Å². The molecule has 3 N–H and O–H groups in total. The topological polar surface area (TPSA) is 72.9 Å². The molecule has 2 saturated carbocycles. The summed E-state index contributed by atoms with van der Waals surface area (Å²) >= 11 is 0. The van der Waals surface area contributed by atoms with E-state index in [1.807, 2.05) is 13.8 Å². The Balaban J connectivity index is 1.57. The van der Waals surface area contributed by atoms with Crippen molar-refractivity contribution >= 4 is 11.6 Å². The summed E-state index contributed by atoms with van der Waals surface area (Å²) in [5.41, 5.74) is 8.25. The number of carbonyl (C=O) groups is 1. The minimum atomic E-state index is 0.0378. The zero-order valence-electron chi connectivity index (χ0n) is 13.2. The maximum atomic E-state index is 12.2. The zero-order chi connectivity index (χ0) is 15.1. The summed E-state index contributed by atoms with van der Waals surface area (Å²) in [4.78, 5) is 12.2. The molecule has 1 heterocycles. The predicted octanol–water partition coefficient (Wildman–Crippen LogP) is 2.02. The molecule has 0 radical (unpaired) electrons. The first kappa shape index (κ1) is 14.4. The van der Waals surface area contributed by atoms with E-state index in [2.05, 4.69) is 17.3 Å². The van der Waals surface area contributed by atoms with Gasteiger partial charge in [-0.25, -0.2) is 0 Å². The fourth-order valence-electron chi connectivity index (χ4n) is 4.31. The number of aryl methyl sites for hydroxylation is 1. The Morgan fingerprint density at radius 2 is 2.19 bits per heavy atom. The van der Waals surface area contributed by atoms with Crippen LogP contribution >= 0.6 is 0 Å². The first-order valence-corrected chi connectivity index (χ1v) is 8.04. The van der Waals surface area contributed by atoms with E-state index in [-0.39, 0.29) is 18.5 Å². The van der Waals surface area contributed by atoms with Crippen molar-refractivity contribution in [3.63, 3.8) is 0 Å². The van der Waals surface area contributed by atoms with Crippen LogP contribution in [0.4, 0.5) is 5.69 Å². The van der Waals surface area contributed by atoms with E-state index in [0.29, 0.717) is 11.6 Å². The van der Waals surface area contributed by atoms with Gasteiger partial charge in [0.15, 0.2) is 0 Å². The second-order valence-electron chi connectivity index (χ2n) is 6.94. The van der Waals surface area contributed by atoms with E-state index in [9.17, 15) is 4.79 Å². The number of nitrogens with two attached hydrogens (primary N) is 1. The Bertz CT molecular complexity index is 551. The van der Waals surface area contributed by atoms with Gasteiger partial charge in [-0.15, -0.1) is 0 Å². The molecule has 2 aliphatic rings. The van der Waals surface area contributed by atoms with Crippen molar-refractivity contribution in [1.29, 1.82) is 0 Å². The first-order valence-electron chi connectivity index (χ1n) is 8.04. The molecule has 1 aromatic rings. The summed E-state index contributed by atoms with van der Waals surface area (Å²) in [6, 6.07) is 0.266. The Morgan fingerprint density at radius 1 is 1.43 bits per heavy atom. The van der Waals surface area contributed by atoms with Crippen molar-refractivity contribution < 1.29 is 4.79 Å². The highest BCUT2D eigenvalue weighted by Gasteiger charge is 2.42. The summed E-state index contributed by atoms with van der Waals surface area (Å²) in [5.74, 6) is 2.44. The van der Waals surface area contributed by atoms with E-state index in [1.54, 1.807) is 4.68 Å². The van der Waals surface area contributed by atoms with Crippen molar-refractivity contribution in [2.45, 2.75) is 59.0 Å². The molecule has 0 aromatic carbocycles. The van der Waals surface area contributed by atoms with Crippen LogP contribution in [0, 0.1) is 31.6 Å². The van der Waals surface area contributed by atoms with Crippen LogP contribution in [0.3, 0.4) is 0 Å².